The van der Waals surface area contributed by atoms with Crippen LogP contribution >= 0.6 is 0 Å². The van der Waals surface area contributed by atoms with Gasteiger partial charge in [-0.2, -0.15) is 0 Å². The average molecular weight is 383 g/mol. The Hall–Kier alpha value is -3.07. The van der Waals surface area contributed by atoms with Crippen molar-refractivity contribution in [3.8, 4) is 11.6 Å². The molecule has 5 rings (SSSR count). The number of hydrogen-bond acceptors (Lipinski definition) is 7. The van der Waals surface area contributed by atoms with Crippen LogP contribution in [-0.4, -0.2) is 71.4 Å². The number of piperazine rings is 1. The van der Waals surface area contributed by atoms with Gasteiger partial charge in [0.15, 0.2) is 6.10 Å². The molecule has 2 saturated heterocycles. The van der Waals surface area contributed by atoms with Gasteiger partial charge in [-0.25, -0.2) is 14.8 Å². The molecule has 2 aliphatic heterocycles. The fourth-order valence-corrected chi connectivity index (χ4v) is 3.51. The van der Waals surface area contributed by atoms with Crippen LogP contribution in [0, 0.1) is 6.92 Å². The summed E-state index contributed by atoms with van der Waals surface area (Å²) in [5.41, 5.74) is 3.50. The number of aryl methyl sites for hydroxylation is 1. The third-order valence-corrected chi connectivity index (χ3v) is 5.11. The third kappa shape index (κ3) is 3.07. The molecule has 1 amide bonds. The van der Waals surface area contributed by atoms with Crippen LogP contribution in [0.5, 0.6) is 0 Å². The lowest BCUT2D eigenvalue weighted by Gasteiger charge is -2.37. The minimum Gasteiger partial charge on any atom is -0.443 e. The average Bonchev–Trinajstić information content (AvgIpc) is 3.30. The molecule has 5 heterocycles. The predicted molar refractivity (Wildman–Crippen MR) is 101 cm³/mol. The van der Waals surface area contributed by atoms with Crippen molar-refractivity contribution < 1.29 is 18.7 Å². The summed E-state index contributed by atoms with van der Waals surface area (Å²) in [6.45, 7) is 5.59. The first-order chi connectivity index (χ1) is 13.7. The van der Waals surface area contributed by atoms with Crippen LogP contribution < -0.4 is 4.90 Å². The Morgan fingerprint density at radius 1 is 1.29 bits per heavy atom. The topological polar surface area (TPSA) is 96.7 Å². The second kappa shape index (κ2) is 6.83. The molecule has 2 fully saturated rings. The maximum Gasteiger partial charge on any atom is 0.410 e. The lowest BCUT2D eigenvalue weighted by atomic mass is 10.2. The molecule has 146 valence electrons. The number of carbonyl (C=O) groups excluding carboxylic acids is 1. The molecule has 9 nitrogen and oxygen atoms in total. The molecule has 0 radical (unpaired) electrons. The van der Waals surface area contributed by atoms with Gasteiger partial charge in [0.1, 0.15) is 17.6 Å². The predicted octanol–water partition coefficient (Wildman–Crippen LogP) is 2.18. The SMILES string of the molecule is Cc1coc(-c2cc3c(N4CCN(C(=O)OC5COC5)CC4)ccnc3[nH]2)n1. The van der Waals surface area contributed by atoms with E-state index in [9.17, 15) is 4.79 Å². The first-order valence-electron chi connectivity index (χ1n) is 9.36. The van der Waals surface area contributed by atoms with Crippen LogP contribution in [0.15, 0.2) is 29.0 Å². The zero-order valence-electron chi connectivity index (χ0n) is 15.6. The van der Waals surface area contributed by atoms with Crippen molar-refractivity contribution >= 4 is 22.8 Å². The summed E-state index contributed by atoms with van der Waals surface area (Å²) < 4.78 is 16.0. The number of nitrogens with one attached hydrogen (secondary N) is 1. The Morgan fingerprint density at radius 2 is 2.11 bits per heavy atom. The molecular formula is C19H21N5O4. The molecule has 3 aromatic heterocycles. The molecule has 0 aromatic carbocycles. The van der Waals surface area contributed by atoms with Crippen LogP contribution in [0.3, 0.4) is 0 Å². The molecule has 0 spiro atoms. The van der Waals surface area contributed by atoms with Gasteiger partial charge in [-0.3, -0.25) is 0 Å². The van der Waals surface area contributed by atoms with E-state index in [-0.39, 0.29) is 12.2 Å². The van der Waals surface area contributed by atoms with E-state index in [4.69, 9.17) is 13.9 Å². The summed E-state index contributed by atoms with van der Waals surface area (Å²) in [6, 6.07) is 4.01. The highest BCUT2D eigenvalue weighted by Crippen LogP contribution is 2.30. The van der Waals surface area contributed by atoms with Gasteiger partial charge in [-0.15, -0.1) is 0 Å². The van der Waals surface area contributed by atoms with Gasteiger partial charge in [0.2, 0.25) is 5.89 Å². The number of H-pyrrole nitrogens is 1. The van der Waals surface area contributed by atoms with E-state index in [2.05, 4.69) is 19.9 Å². The Morgan fingerprint density at radius 3 is 2.79 bits per heavy atom. The summed E-state index contributed by atoms with van der Waals surface area (Å²) >= 11 is 0. The highest BCUT2D eigenvalue weighted by Gasteiger charge is 2.28. The molecule has 0 aliphatic carbocycles. The highest BCUT2D eigenvalue weighted by atomic mass is 16.6. The number of pyridine rings is 1. The Kier molecular flexibility index (Phi) is 4.16. The van der Waals surface area contributed by atoms with Crippen LogP contribution in [0.2, 0.25) is 0 Å². The number of aromatic nitrogens is 3. The van der Waals surface area contributed by atoms with Gasteiger partial charge in [-0.1, -0.05) is 0 Å². The fraction of sp³-hybridized carbons (Fsp3) is 0.421. The number of rotatable bonds is 3. The fourth-order valence-electron chi connectivity index (χ4n) is 3.51. The smallest absolute Gasteiger partial charge is 0.410 e. The monoisotopic (exact) mass is 383 g/mol. The van der Waals surface area contributed by atoms with Crippen LogP contribution in [0.1, 0.15) is 5.69 Å². The quantitative estimate of drug-likeness (QED) is 0.740. The lowest BCUT2D eigenvalue weighted by Crippen LogP contribution is -2.51. The largest absolute Gasteiger partial charge is 0.443 e. The van der Waals surface area contributed by atoms with Gasteiger partial charge in [0.25, 0.3) is 0 Å². The maximum absolute atomic E-state index is 12.2. The molecule has 0 atom stereocenters. The number of carbonyl (C=O) groups is 1. The van der Waals surface area contributed by atoms with E-state index in [1.165, 1.54) is 0 Å². The summed E-state index contributed by atoms with van der Waals surface area (Å²) in [5.74, 6) is 0.550. The molecular weight excluding hydrogens is 362 g/mol. The van der Waals surface area contributed by atoms with E-state index < -0.39 is 0 Å². The number of fused-ring (bicyclic) bond motifs is 1. The van der Waals surface area contributed by atoms with Crippen molar-refractivity contribution in [2.45, 2.75) is 13.0 Å². The van der Waals surface area contributed by atoms with Gasteiger partial charge < -0.3 is 28.7 Å². The standard InChI is InChI=1S/C19H21N5O4/c1-12-9-27-18(21-12)15-8-14-16(2-3-20-17(14)22-15)23-4-6-24(7-5-23)19(25)28-13-10-26-11-13/h2-3,8-9,13H,4-7,10-11H2,1H3,(H,20,22). The minimum atomic E-state index is -0.254. The highest BCUT2D eigenvalue weighted by molar-refractivity contribution is 5.93. The first kappa shape index (κ1) is 17.1. The number of ether oxygens (including phenoxy) is 2. The number of oxazole rings is 1. The van der Waals surface area contributed by atoms with Gasteiger partial charge >= 0.3 is 6.09 Å². The number of hydrogen-bond donors (Lipinski definition) is 1. The molecule has 28 heavy (non-hydrogen) atoms. The second-order valence-corrected chi connectivity index (χ2v) is 7.09. The molecule has 9 heteroatoms. The number of aromatic amines is 1. The van der Waals surface area contributed by atoms with Crippen molar-refractivity contribution in [1.82, 2.24) is 19.9 Å². The van der Waals surface area contributed by atoms with Gasteiger partial charge in [-0.05, 0) is 19.1 Å². The maximum atomic E-state index is 12.2. The Labute approximate surface area is 161 Å². The summed E-state index contributed by atoms with van der Waals surface area (Å²) in [5, 5.41) is 1.01. The van der Waals surface area contributed by atoms with E-state index in [1.807, 2.05) is 19.1 Å². The summed E-state index contributed by atoms with van der Waals surface area (Å²) in [7, 11) is 0. The van der Waals surface area contributed by atoms with E-state index in [0.29, 0.717) is 32.2 Å². The van der Waals surface area contributed by atoms with Crippen LogP contribution in [0.25, 0.3) is 22.6 Å². The molecule has 0 bridgehead atoms. The van der Waals surface area contributed by atoms with Crippen LogP contribution in [-0.2, 0) is 9.47 Å². The van der Waals surface area contributed by atoms with Crippen molar-refractivity contribution in [2.75, 3.05) is 44.3 Å². The van der Waals surface area contributed by atoms with Crippen LogP contribution in [0.4, 0.5) is 10.5 Å². The van der Waals surface area contributed by atoms with Gasteiger partial charge in [0.05, 0.1) is 18.9 Å². The summed E-state index contributed by atoms with van der Waals surface area (Å²) in [6.07, 6.45) is 3.07. The first-order valence-corrected chi connectivity index (χ1v) is 9.36. The minimum absolute atomic E-state index is 0.0949. The number of amides is 1. The number of anilines is 1. The summed E-state index contributed by atoms with van der Waals surface area (Å²) in [4.78, 5) is 28.3. The molecule has 0 saturated carbocycles. The van der Waals surface area contributed by atoms with E-state index in [0.717, 1.165) is 41.2 Å². The number of nitrogens with zero attached hydrogens (tertiary/aromatic N) is 4. The molecule has 2 aliphatic rings. The van der Waals surface area contributed by atoms with Crippen molar-refractivity contribution in [2.24, 2.45) is 0 Å². The lowest BCUT2D eigenvalue weighted by molar-refractivity contribution is -0.104. The Balaban J connectivity index is 1.32. The second-order valence-electron chi connectivity index (χ2n) is 7.09. The molecule has 1 N–H and O–H groups in total. The normalized spacial score (nSPS) is 17.8. The Bertz CT molecular complexity index is 1000. The molecule has 3 aromatic rings. The van der Waals surface area contributed by atoms with Gasteiger partial charge in [0, 0.05) is 43.4 Å². The molecule has 0 unspecified atom stereocenters. The van der Waals surface area contributed by atoms with Crippen molar-refractivity contribution in [1.29, 1.82) is 0 Å². The zero-order valence-corrected chi connectivity index (χ0v) is 15.6. The van der Waals surface area contributed by atoms with E-state index >= 15 is 0 Å². The zero-order chi connectivity index (χ0) is 19.1. The third-order valence-electron chi connectivity index (χ3n) is 5.11. The van der Waals surface area contributed by atoms with Crippen molar-refractivity contribution in [3.63, 3.8) is 0 Å². The van der Waals surface area contributed by atoms with E-state index in [1.54, 1.807) is 17.4 Å². The van der Waals surface area contributed by atoms with Crippen molar-refractivity contribution in [3.05, 3.63) is 30.3 Å².